The molecule has 0 radical (unpaired) electrons. The van der Waals surface area contributed by atoms with Gasteiger partial charge in [0.15, 0.2) is 11.6 Å². The Bertz CT molecular complexity index is 384. The van der Waals surface area contributed by atoms with Crippen molar-refractivity contribution in [2.24, 2.45) is 0 Å². The minimum absolute atomic E-state index is 0.158. The molecule has 2 aromatic heterocycles. The van der Waals surface area contributed by atoms with Crippen LogP contribution in [0.1, 0.15) is 5.82 Å². The molecule has 0 aliphatic carbocycles. The van der Waals surface area contributed by atoms with Gasteiger partial charge in [0.1, 0.15) is 12.3 Å². The molecule has 0 aromatic carbocycles. The Labute approximate surface area is 74.9 Å². The van der Waals surface area contributed by atoms with Gasteiger partial charge < -0.3 is 9.52 Å². The maximum absolute atomic E-state index is 8.80. The third-order valence-electron chi connectivity index (χ3n) is 1.62. The molecule has 0 saturated heterocycles. The van der Waals surface area contributed by atoms with Crippen LogP contribution in [-0.4, -0.2) is 15.1 Å². The Balaban J connectivity index is 2.41. The molecule has 2 rings (SSSR count). The van der Waals surface area contributed by atoms with Gasteiger partial charge in [-0.2, -0.15) is 0 Å². The third-order valence-corrected chi connectivity index (χ3v) is 1.62. The molecule has 0 amide bonds. The van der Waals surface area contributed by atoms with Crippen LogP contribution >= 0.6 is 0 Å². The molecular weight excluding hydrogens is 168 g/mol. The zero-order valence-electron chi connectivity index (χ0n) is 6.84. The van der Waals surface area contributed by atoms with Gasteiger partial charge in [-0.3, -0.25) is 0 Å². The van der Waals surface area contributed by atoms with Gasteiger partial charge in [0.25, 0.3) is 0 Å². The lowest BCUT2D eigenvalue weighted by Gasteiger charge is -1.97. The Morgan fingerprint density at radius 3 is 3.00 bits per heavy atom. The summed E-state index contributed by atoms with van der Waals surface area (Å²) in [4.78, 5) is 7.94. The van der Waals surface area contributed by atoms with Crippen LogP contribution in [0.4, 0.5) is 0 Å². The number of furan rings is 1. The van der Waals surface area contributed by atoms with Crippen LogP contribution in [0.3, 0.4) is 0 Å². The smallest absolute Gasteiger partial charge is 0.154 e. The lowest BCUT2D eigenvalue weighted by atomic mass is 10.3. The number of aliphatic hydroxyl groups is 1. The minimum atomic E-state index is -0.158. The fourth-order valence-corrected chi connectivity index (χ4v) is 1.04. The van der Waals surface area contributed by atoms with Crippen molar-refractivity contribution >= 4 is 0 Å². The molecule has 13 heavy (non-hydrogen) atoms. The van der Waals surface area contributed by atoms with Crippen LogP contribution in [0.2, 0.25) is 0 Å². The topological polar surface area (TPSA) is 59.2 Å². The van der Waals surface area contributed by atoms with Crippen LogP contribution in [0.5, 0.6) is 0 Å². The number of rotatable bonds is 2. The van der Waals surface area contributed by atoms with Gasteiger partial charge in [-0.15, -0.1) is 0 Å². The van der Waals surface area contributed by atoms with Gasteiger partial charge in [0.05, 0.1) is 6.26 Å². The lowest BCUT2D eigenvalue weighted by Crippen LogP contribution is -1.94. The molecule has 2 heterocycles. The summed E-state index contributed by atoms with van der Waals surface area (Å²) >= 11 is 0. The molecule has 0 bridgehead atoms. The molecule has 0 aliphatic rings. The molecule has 4 heteroatoms. The van der Waals surface area contributed by atoms with Gasteiger partial charge in [-0.25, -0.2) is 9.97 Å². The monoisotopic (exact) mass is 176 g/mol. The Kier molecular flexibility index (Phi) is 2.06. The highest BCUT2D eigenvalue weighted by molar-refractivity contribution is 5.50. The molecule has 4 nitrogen and oxygen atoms in total. The van der Waals surface area contributed by atoms with E-state index >= 15 is 0 Å². The summed E-state index contributed by atoms with van der Waals surface area (Å²) in [5.41, 5.74) is 0.684. The van der Waals surface area contributed by atoms with E-state index in [1.165, 1.54) is 0 Å². The highest BCUT2D eigenvalue weighted by Gasteiger charge is 2.02. The van der Waals surface area contributed by atoms with E-state index in [0.717, 1.165) is 0 Å². The largest absolute Gasteiger partial charge is 0.463 e. The van der Waals surface area contributed by atoms with E-state index in [9.17, 15) is 0 Å². The first-order valence-electron chi connectivity index (χ1n) is 3.87. The summed E-state index contributed by atoms with van der Waals surface area (Å²) in [6.07, 6.45) is 3.17. The van der Waals surface area contributed by atoms with Crippen LogP contribution in [0.25, 0.3) is 11.5 Å². The Morgan fingerprint density at radius 1 is 1.38 bits per heavy atom. The minimum Gasteiger partial charge on any atom is -0.463 e. The van der Waals surface area contributed by atoms with E-state index in [0.29, 0.717) is 17.3 Å². The average molecular weight is 176 g/mol. The summed E-state index contributed by atoms with van der Waals surface area (Å²) < 4.78 is 5.15. The van der Waals surface area contributed by atoms with Crippen molar-refractivity contribution in [3.05, 3.63) is 36.5 Å². The molecule has 0 unspecified atom stereocenters. The number of aromatic nitrogens is 2. The van der Waals surface area contributed by atoms with Crippen molar-refractivity contribution in [1.82, 2.24) is 9.97 Å². The van der Waals surface area contributed by atoms with Crippen LogP contribution < -0.4 is 0 Å². The normalized spacial score (nSPS) is 10.2. The van der Waals surface area contributed by atoms with E-state index in [2.05, 4.69) is 9.97 Å². The molecular formula is C9H8N2O2. The molecule has 0 aliphatic heterocycles. The summed E-state index contributed by atoms with van der Waals surface area (Å²) in [7, 11) is 0. The molecule has 66 valence electrons. The van der Waals surface area contributed by atoms with Crippen molar-refractivity contribution in [2.45, 2.75) is 6.61 Å². The van der Waals surface area contributed by atoms with Crippen LogP contribution in [0, 0.1) is 0 Å². The van der Waals surface area contributed by atoms with E-state index in [-0.39, 0.29) is 6.61 Å². The van der Waals surface area contributed by atoms with Gasteiger partial charge in [0.2, 0.25) is 0 Å². The predicted molar refractivity (Wildman–Crippen MR) is 45.7 cm³/mol. The summed E-state index contributed by atoms with van der Waals surface area (Å²) in [5.74, 6) is 1.08. The maximum Gasteiger partial charge on any atom is 0.154 e. The third kappa shape index (κ3) is 1.57. The van der Waals surface area contributed by atoms with Crippen molar-refractivity contribution in [3.8, 4) is 11.5 Å². The lowest BCUT2D eigenvalue weighted by molar-refractivity contribution is 0.271. The second kappa shape index (κ2) is 3.37. The van der Waals surface area contributed by atoms with E-state index in [4.69, 9.17) is 9.52 Å². The van der Waals surface area contributed by atoms with Crippen molar-refractivity contribution < 1.29 is 9.52 Å². The highest BCUT2D eigenvalue weighted by atomic mass is 16.3. The van der Waals surface area contributed by atoms with Crippen LogP contribution in [-0.2, 0) is 6.61 Å². The van der Waals surface area contributed by atoms with Gasteiger partial charge in [0, 0.05) is 6.20 Å². The molecule has 0 saturated carbocycles. The van der Waals surface area contributed by atoms with Gasteiger partial charge >= 0.3 is 0 Å². The second-order valence-electron chi connectivity index (χ2n) is 2.49. The quantitative estimate of drug-likeness (QED) is 0.747. The van der Waals surface area contributed by atoms with Crippen molar-refractivity contribution in [1.29, 1.82) is 0 Å². The Morgan fingerprint density at radius 2 is 2.31 bits per heavy atom. The average Bonchev–Trinajstić information content (AvgIpc) is 2.71. The molecule has 0 atom stereocenters. The second-order valence-corrected chi connectivity index (χ2v) is 2.49. The first-order valence-corrected chi connectivity index (χ1v) is 3.87. The van der Waals surface area contributed by atoms with E-state index in [1.807, 2.05) is 6.07 Å². The predicted octanol–water partition coefficient (Wildman–Crippen LogP) is 1.23. The summed E-state index contributed by atoms with van der Waals surface area (Å²) in [6.45, 7) is -0.158. The number of hydrogen-bond acceptors (Lipinski definition) is 4. The first-order chi connectivity index (χ1) is 6.40. The van der Waals surface area contributed by atoms with Gasteiger partial charge in [-0.05, 0) is 18.2 Å². The van der Waals surface area contributed by atoms with E-state index < -0.39 is 0 Å². The highest BCUT2D eigenvalue weighted by Crippen LogP contribution is 2.16. The molecule has 2 aromatic rings. The fraction of sp³-hybridized carbons (Fsp3) is 0.111. The standard InChI is InChI=1S/C9H8N2O2/c12-6-9-10-4-3-7(11-9)8-2-1-5-13-8/h1-5,12H,6H2. The summed E-state index contributed by atoms with van der Waals surface area (Å²) in [6, 6.07) is 5.33. The van der Waals surface area contributed by atoms with Crippen molar-refractivity contribution in [3.63, 3.8) is 0 Å². The van der Waals surface area contributed by atoms with Crippen LogP contribution in [0.15, 0.2) is 35.1 Å². The maximum atomic E-state index is 8.80. The molecule has 0 fully saturated rings. The number of nitrogens with zero attached hydrogens (tertiary/aromatic N) is 2. The van der Waals surface area contributed by atoms with Gasteiger partial charge in [-0.1, -0.05) is 0 Å². The SMILES string of the molecule is OCc1nccc(-c2ccco2)n1. The molecule has 0 spiro atoms. The number of aliphatic hydroxyl groups excluding tert-OH is 1. The summed E-state index contributed by atoms with van der Waals surface area (Å²) in [5, 5.41) is 8.80. The zero-order chi connectivity index (χ0) is 9.10. The first kappa shape index (κ1) is 7.94. The zero-order valence-corrected chi connectivity index (χ0v) is 6.84. The fourth-order valence-electron chi connectivity index (χ4n) is 1.04. The molecule has 1 N–H and O–H groups in total. The van der Waals surface area contributed by atoms with Crippen molar-refractivity contribution in [2.75, 3.05) is 0 Å². The Hall–Kier alpha value is -1.68. The van der Waals surface area contributed by atoms with E-state index in [1.54, 1.807) is 24.6 Å². The number of hydrogen-bond donors (Lipinski definition) is 1.